The molecule has 1 saturated heterocycles. The van der Waals surface area contributed by atoms with Crippen molar-refractivity contribution in [1.29, 1.82) is 0 Å². The predicted molar refractivity (Wildman–Crippen MR) is 119 cm³/mol. The summed E-state index contributed by atoms with van der Waals surface area (Å²) in [6.07, 6.45) is 1.95. The summed E-state index contributed by atoms with van der Waals surface area (Å²) in [5, 5.41) is 17.4. The van der Waals surface area contributed by atoms with E-state index in [1.807, 2.05) is 0 Å². The number of non-ortho nitro benzene ring substituents is 1. The van der Waals surface area contributed by atoms with Crippen LogP contribution in [0.3, 0.4) is 0 Å². The zero-order valence-electron chi connectivity index (χ0n) is 17.0. The van der Waals surface area contributed by atoms with E-state index >= 15 is 0 Å². The van der Waals surface area contributed by atoms with Crippen LogP contribution in [-0.4, -0.2) is 46.3 Å². The van der Waals surface area contributed by atoms with Crippen LogP contribution in [-0.2, 0) is 14.1 Å². The molecule has 0 spiro atoms. The SMILES string of the molecule is Cl.Cn1c(NCCNC2CCN(c3ccc([N+](=O)[O-])cc3)CC2)cc(=O)n(C)c1=O. The molecular formula is C19H27ClN6O4. The van der Waals surface area contributed by atoms with Gasteiger partial charge in [0.05, 0.1) is 4.92 Å². The number of anilines is 2. The number of nitrogens with one attached hydrogen (secondary N) is 2. The maximum absolute atomic E-state index is 11.9. The van der Waals surface area contributed by atoms with Crippen molar-refractivity contribution in [2.24, 2.45) is 14.1 Å². The summed E-state index contributed by atoms with van der Waals surface area (Å²) in [4.78, 5) is 36.3. The van der Waals surface area contributed by atoms with Crippen molar-refractivity contribution >= 4 is 29.6 Å². The van der Waals surface area contributed by atoms with Gasteiger partial charge in [-0.2, -0.15) is 0 Å². The number of nitro groups is 1. The van der Waals surface area contributed by atoms with Crippen molar-refractivity contribution in [3.63, 3.8) is 0 Å². The normalized spacial score (nSPS) is 14.3. The van der Waals surface area contributed by atoms with E-state index in [2.05, 4.69) is 15.5 Å². The molecule has 0 radical (unpaired) electrons. The van der Waals surface area contributed by atoms with Crippen LogP contribution in [0.2, 0.25) is 0 Å². The maximum atomic E-state index is 11.9. The minimum absolute atomic E-state index is 0. The standard InChI is InChI=1S/C19H26N6O4.ClH/c1-22-17(13-18(26)23(2)19(22)27)21-10-9-20-14-7-11-24(12-8-14)15-3-5-16(6-4-15)25(28)29;/h3-6,13-14,20-21H,7-12H2,1-2H3;1H. The van der Waals surface area contributed by atoms with Gasteiger partial charge >= 0.3 is 5.69 Å². The third-order valence-electron chi connectivity index (χ3n) is 5.31. The quantitative estimate of drug-likeness (QED) is 0.377. The van der Waals surface area contributed by atoms with Gasteiger partial charge in [-0.1, -0.05) is 0 Å². The van der Waals surface area contributed by atoms with Gasteiger partial charge in [0.2, 0.25) is 0 Å². The Kier molecular flexibility index (Phi) is 8.01. The lowest BCUT2D eigenvalue weighted by molar-refractivity contribution is -0.384. The van der Waals surface area contributed by atoms with Crippen LogP contribution in [0.15, 0.2) is 39.9 Å². The number of rotatable bonds is 7. The van der Waals surface area contributed by atoms with Gasteiger partial charge in [-0.25, -0.2) is 4.79 Å². The molecule has 0 saturated carbocycles. The highest BCUT2D eigenvalue weighted by Gasteiger charge is 2.19. The topological polar surface area (TPSA) is 114 Å². The van der Waals surface area contributed by atoms with E-state index in [0.717, 1.165) is 36.2 Å². The van der Waals surface area contributed by atoms with Crippen molar-refractivity contribution in [2.75, 3.05) is 36.4 Å². The van der Waals surface area contributed by atoms with Crippen LogP contribution in [0.25, 0.3) is 0 Å². The molecule has 164 valence electrons. The molecule has 1 aliphatic heterocycles. The fraction of sp³-hybridized carbons (Fsp3) is 0.474. The van der Waals surface area contributed by atoms with E-state index < -0.39 is 0 Å². The highest BCUT2D eigenvalue weighted by atomic mass is 35.5. The molecule has 0 unspecified atom stereocenters. The first-order valence-electron chi connectivity index (χ1n) is 9.60. The molecule has 2 N–H and O–H groups in total. The minimum atomic E-state index is -0.390. The highest BCUT2D eigenvalue weighted by molar-refractivity contribution is 5.85. The fourth-order valence-corrected chi connectivity index (χ4v) is 3.50. The lowest BCUT2D eigenvalue weighted by Crippen LogP contribution is -2.44. The smallest absolute Gasteiger partial charge is 0.332 e. The second-order valence-electron chi connectivity index (χ2n) is 7.18. The van der Waals surface area contributed by atoms with Gasteiger partial charge in [0.15, 0.2) is 0 Å². The summed E-state index contributed by atoms with van der Waals surface area (Å²) in [6, 6.07) is 8.47. The summed E-state index contributed by atoms with van der Waals surface area (Å²) in [7, 11) is 3.09. The Labute approximate surface area is 180 Å². The first kappa shape index (κ1) is 23.4. The summed E-state index contributed by atoms with van der Waals surface area (Å²) < 4.78 is 2.49. The zero-order valence-corrected chi connectivity index (χ0v) is 17.9. The third kappa shape index (κ3) is 5.39. The molecule has 2 aromatic rings. The minimum Gasteiger partial charge on any atom is -0.371 e. The van der Waals surface area contributed by atoms with Crippen molar-refractivity contribution in [1.82, 2.24) is 14.5 Å². The van der Waals surface area contributed by atoms with Crippen molar-refractivity contribution in [2.45, 2.75) is 18.9 Å². The molecule has 0 atom stereocenters. The van der Waals surface area contributed by atoms with Gasteiger partial charge in [-0.15, -0.1) is 12.4 Å². The van der Waals surface area contributed by atoms with E-state index in [-0.39, 0.29) is 34.3 Å². The Morgan fingerprint density at radius 1 is 1.07 bits per heavy atom. The van der Waals surface area contributed by atoms with Crippen LogP contribution < -0.4 is 26.8 Å². The Morgan fingerprint density at radius 3 is 2.30 bits per heavy atom. The average molecular weight is 439 g/mol. The van der Waals surface area contributed by atoms with E-state index in [4.69, 9.17) is 0 Å². The molecule has 0 amide bonds. The van der Waals surface area contributed by atoms with Crippen molar-refractivity contribution in [3.8, 4) is 0 Å². The molecule has 30 heavy (non-hydrogen) atoms. The maximum Gasteiger partial charge on any atom is 0.332 e. The molecule has 1 aromatic carbocycles. The third-order valence-corrected chi connectivity index (χ3v) is 5.31. The van der Waals surface area contributed by atoms with Gasteiger partial charge in [0.25, 0.3) is 11.2 Å². The molecule has 11 heteroatoms. The number of nitrogens with zero attached hydrogens (tertiary/aromatic N) is 4. The Balaban J connectivity index is 0.00000320. The second-order valence-corrected chi connectivity index (χ2v) is 7.18. The van der Waals surface area contributed by atoms with Crippen LogP contribution >= 0.6 is 12.4 Å². The predicted octanol–water partition coefficient (Wildman–Crippen LogP) is 1.08. The zero-order chi connectivity index (χ0) is 21.0. The number of benzene rings is 1. The number of aromatic nitrogens is 2. The van der Waals surface area contributed by atoms with E-state index in [9.17, 15) is 19.7 Å². The fourth-order valence-electron chi connectivity index (χ4n) is 3.50. The number of nitro benzene ring substituents is 1. The number of piperidine rings is 1. The van der Waals surface area contributed by atoms with Crippen LogP contribution in [0.4, 0.5) is 17.2 Å². The Hall–Kier alpha value is -2.85. The van der Waals surface area contributed by atoms with Gasteiger partial charge in [-0.05, 0) is 25.0 Å². The molecular weight excluding hydrogens is 412 g/mol. The van der Waals surface area contributed by atoms with Crippen molar-refractivity contribution in [3.05, 3.63) is 61.3 Å². The molecule has 0 bridgehead atoms. The number of hydrogen-bond acceptors (Lipinski definition) is 7. The molecule has 1 aromatic heterocycles. The van der Waals surface area contributed by atoms with E-state index in [1.165, 1.54) is 29.8 Å². The van der Waals surface area contributed by atoms with E-state index in [0.29, 0.717) is 24.9 Å². The summed E-state index contributed by atoms with van der Waals surface area (Å²) in [5.41, 5.74) is 0.419. The van der Waals surface area contributed by atoms with Crippen LogP contribution in [0.1, 0.15) is 12.8 Å². The molecule has 2 heterocycles. The van der Waals surface area contributed by atoms with Gasteiger partial charge < -0.3 is 15.5 Å². The van der Waals surface area contributed by atoms with E-state index in [1.54, 1.807) is 19.2 Å². The molecule has 1 fully saturated rings. The largest absolute Gasteiger partial charge is 0.371 e. The second kappa shape index (κ2) is 10.3. The summed E-state index contributed by atoms with van der Waals surface area (Å²) in [6.45, 7) is 3.08. The lowest BCUT2D eigenvalue weighted by atomic mass is 10.0. The van der Waals surface area contributed by atoms with Gasteiger partial charge in [-0.3, -0.25) is 24.0 Å². The highest BCUT2D eigenvalue weighted by Crippen LogP contribution is 2.22. The number of halogens is 1. The monoisotopic (exact) mass is 438 g/mol. The lowest BCUT2D eigenvalue weighted by Gasteiger charge is -2.34. The molecule has 10 nitrogen and oxygen atoms in total. The van der Waals surface area contributed by atoms with Gasteiger partial charge in [0.1, 0.15) is 5.82 Å². The molecule has 3 rings (SSSR count). The number of hydrogen-bond donors (Lipinski definition) is 2. The summed E-state index contributed by atoms with van der Waals surface area (Å²) in [5.74, 6) is 0.507. The Bertz CT molecular complexity index is 980. The average Bonchev–Trinajstić information content (AvgIpc) is 2.73. The van der Waals surface area contributed by atoms with Crippen LogP contribution in [0.5, 0.6) is 0 Å². The molecule has 0 aliphatic carbocycles. The van der Waals surface area contributed by atoms with Crippen LogP contribution in [0, 0.1) is 10.1 Å². The van der Waals surface area contributed by atoms with Gasteiger partial charge in [0, 0.05) is 70.2 Å². The summed E-state index contributed by atoms with van der Waals surface area (Å²) >= 11 is 0. The first-order chi connectivity index (χ1) is 13.9. The van der Waals surface area contributed by atoms with Crippen molar-refractivity contribution < 1.29 is 4.92 Å². The molecule has 1 aliphatic rings. The first-order valence-corrected chi connectivity index (χ1v) is 9.60. The Morgan fingerprint density at radius 2 is 1.70 bits per heavy atom.